The third-order valence-corrected chi connectivity index (χ3v) is 3.69. The van der Waals surface area contributed by atoms with E-state index in [-0.39, 0.29) is 16.7 Å². The van der Waals surface area contributed by atoms with Crippen molar-refractivity contribution in [3.8, 4) is 0 Å². The maximum Gasteiger partial charge on any atom is 0.251 e. The van der Waals surface area contributed by atoms with Crippen LogP contribution < -0.4 is 5.32 Å². The molecule has 1 rings (SSSR count). The maximum atomic E-state index is 12.2. The highest BCUT2D eigenvalue weighted by Crippen LogP contribution is 2.25. The molecule has 0 spiro atoms. The second kappa shape index (κ2) is 6.95. The molecule has 0 fully saturated rings. The zero-order valence-electron chi connectivity index (χ0n) is 12.3. The standard InChI is InChI=1S/C16H24ClNO/c1-5-12(17)10-11-18-15(19)13-8-6-7-9-14(13)16(2,3)4/h6-9,12H,5,10-11H2,1-4H3,(H,18,19). The van der Waals surface area contributed by atoms with Crippen LogP contribution in [0.25, 0.3) is 0 Å². The molecule has 106 valence electrons. The van der Waals surface area contributed by atoms with Crippen molar-refractivity contribution in [2.45, 2.75) is 51.3 Å². The summed E-state index contributed by atoms with van der Waals surface area (Å²) in [5.41, 5.74) is 1.80. The molecule has 1 aromatic rings. The van der Waals surface area contributed by atoms with Gasteiger partial charge < -0.3 is 5.32 Å². The Labute approximate surface area is 121 Å². The van der Waals surface area contributed by atoms with Crippen LogP contribution in [0.3, 0.4) is 0 Å². The number of carbonyl (C=O) groups is 1. The molecule has 2 nitrogen and oxygen atoms in total. The third-order valence-electron chi connectivity index (χ3n) is 3.17. The summed E-state index contributed by atoms with van der Waals surface area (Å²) in [6.45, 7) is 9.02. The number of alkyl halides is 1. The van der Waals surface area contributed by atoms with Crippen molar-refractivity contribution in [2.24, 2.45) is 0 Å². The number of benzene rings is 1. The fourth-order valence-electron chi connectivity index (χ4n) is 1.98. The first-order valence-corrected chi connectivity index (χ1v) is 7.31. The average Bonchev–Trinajstić information content (AvgIpc) is 2.37. The molecule has 19 heavy (non-hydrogen) atoms. The molecule has 1 unspecified atom stereocenters. The highest BCUT2D eigenvalue weighted by Gasteiger charge is 2.20. The maximum absolute atomic E-state index is 12.2. The van der Waals surface area contributed by atoms with Gasteiger partial charge in [-0.2, -0.15) is 0 Å². The van der Waals surface area contributed by atoms with Crippen molar-refractivity contribution in [3.63, 3.8) is 0 Å². The van der Waals surface area contributed by atoms with Crippen molar-refractivity contribution in [1.29, 1.82) is 0 Å². The Morgan fingerprint density at radius 1 is 1.32 bits per heavy atom. The van der Waals surface area contributed by atoms with Gasteiger partial charge in [0.2, 0.25) is 0 Å². The second-order valence-corrected chi connectivity index (χ2v) is 6.46. The molecule has 0 radical (unpaired) electrons. The Bertz CT molecular complexity index is 423. The summed E-state index contributed by atoms with van der Waals surface area (Å²) in [7, 11) is 0. The minimum Gasteiger partial charge on any atom is -0.352 e. The van der Waals surface area contributed by atoms with Gasteiger partial charge in [0.15, 0.2) is 0 Å². The largest absolute Gasteiger partial charge is 0.352 e. The zero-order valence-corrected chi connectivity index (χ0v) is 13.1. The molecule has 1 aromatic carbocycles. The van der Waals surface area contributed by atoms with Gasteiger partial charge in [-0.25, -0.2) is 0 Å². The summed E-state index contributed by atoms with van der Waals surface area (Å²) in [5.74, 6) is -0.00880. The molecular weight excluding hydrogens is 258 g/mol. The molecule has 1 N–H and O–H groups in total. The van der Waals surface area contributed by atoms with E-state index >= 15 is 0 Å². The average molecular weight is 282 g/mol. The Morgan fingerprint density at radius 2 is 1.95 bits per heavy atom. The zero-order chi connectivity index (χ0) is 14.5. The van der Waals surface area contributed by atoms with E-state index in [1.807, 2.05) is 31.2 Å². The first kappa shape index (κ1) is 16.0. The minimum absolute atomic E-state index is 0.00880. The summed E-state index contributed by atoms with van der Waals surface area (Å²) in [5, 5.41) is 3.09. The van der Waals surface area contributed by atoms with Gasteiger partial charge in [-0.1, -0.05) is 45.9 Å². The molecule has 0 bridgehead atoms. The van der Waals surface area contributed by atoms with E-state index in [9.17, 15) is 4.79 Å². The van der Waals surface area contributed by atoms with E-state index in [2.05, 4.69) is 26.1 Å². The lowest BCUT2D eigenvalue weighted by molar-refractivity contribution is 0.0951. The van der Waals surface area contributed by atoms with E-state index in [1.165, 1.54) is 0 Å². The number of halogens is 1. The monoisotopic (exact) mass is 281 g/mol. The van der Waals surface area contributed by atoms with Crippen molar-refractivity contribution in [2.75, 3.05) is 6.54 Å². The molecule has 1 atom stereocenters. The smallest absolute Gasteiger partial charge is 0.251 e. The van der Waals surface area contributed by atoms with E-state index in [0.29, 0.717) is 6.54 Å². The molecule has 0 saturated heterocycles. The van der Waals surface area contributed by atoms with Gasteiger partial charge in [0.25, 0.3) is 5.91 Å². The van der Waals surface area contributed by atoms with Crippen LogP contribution in [0.2, 0.25) is 0 Å². The van der Waals surface area contributed by atoms with Crippen molar-refractivity contribution in [1.82, 2.24) is 5.32 Å². The first-order valence-electron chi connectivity index (χ1n) is 6.88. The van der Waals surface area contributed by atoms with Gasteiger partial charge in [0, 0.05) is 17.5 Å². The highest BCUT2D eigenvalue weighted by molar-refractivity contribution is 6.20. The minimum atomic E-state index is -0.0353. The second-order valence-electron chi connectivity index (χ2n) is 5.85. The van der Waals surface area contributed by atoms with E-state index in [1.54, 1.807) is 0 Å². The lowest BCUT2D eigenvalue weighted by atomic mass is 9.83. The van der Waals surface area contributed by atoms with Crippen LogP contribution in [0.15, 0.2) is 24.3 Å². The van der Waals surface area contributed by atoms with Gasteiger partial charge in [-0.15, -0.1) is 11.6 Å². The number of amides is 1. The third kappa shape index (κ3) is 4.87. The molecule has 0 aliphatic rings. The van der Waals surface area contributed by atoms with Crippen LogP contribution in [0.4, 0.5) is 0 Å². The van der Waals surface area contributed by atoms with Crippen LogP contribution >= 0.6 is 11.6 Å². The van der Waals surface area contributed by atoms with E-state index in [0.717, 1.165) is 24.0 Å². The van der Waals surface area contributed by atoms with Crippen molar-refractivity contribution in [3.05, 3.63) is 35.4 Å². The van der Waals surface area contributed by atoms with Crippen LogP contribution in [-0.2, 0) is 5.41 Å². The Hall–Kier alpha value is -1.02. The SMILES string of the molecule is CCC(Cl)CCNC(=O)c1ccccc1C(C)(C)C. The van der Waals surface area contributed by atoms with Gasteiger partial charge >= 0.3 is 0 Å². The number of hydrogen-bond donors (Lipinski definition) is 1. The summed E-state index contributed by atoms with van der Waals surface area (Å²) in [4.78, 5) is 12.2. The molecule has 0 aromatic heterocycles. The molecule has 0 heterocycles. The predicted molar refractivity (Wildman–Crippen MR) is 82.0 cm³/mol. The summed E-state index contributed by atoms with van der Waals surface area (Å²) in [6.07, 6.45) is 1.73. The molecule has 1 amide bonds. The van der Waals surface area contributed by atoms with Crippen molar-refractivity contribution >= 4 is 17.5 Å². The summed E-state index contributed by atoms with van der Waals surface area (Å²) < 4.78 is 0. The Kier molecular flexibility index (Phi) is 5.86. The van der Waals surface area contributed by atoms with Crippen LogP contribution in [-0.4, -0.2) is 17.8 Å². The fraction of sp³-hybridized carbons (Fsp3) is 0.562. The molecule has 3 heteroatoms. The number of carbonyl (C=O) groups excluding carboxylic acids is 1. The molecule has 0 aliphatic heterocycles. The van der Waals surface area contributed by atoms with Crippen LogP contribution in [0, 0.1) is 0 Å². The molecular formula is C16H24ClNO. The number of nitrogens with one attached hydrogen (secondary N) is 1. The topological polar surface area (TPSA) is 29.1 Å². The normalized spacial score (nSPS) is 13.1. The lowest BCUT2D eigenvalue weighted by Gasteiger charge is -2.22. The summed E-state index contributed by atoms with van der Waals surface area (Å²) >= 11 is 6.05. The van der Waals surface area contributed by atoms with Gasteiger partial charge in [-0.05, 0) is 29.9 Å². The van der Waals surface area contributed by atoms with E-state index in [4.69, 9.17) is 11.6 Å². The van der Waals surface area contributed by atoms with Crippen LogP contribution in [0.1, 0.15) is 56.5 Å². The highest BCUT2D eigenvalue weighted by atomic mass is 35.5. The fourth-order valence-corrected chi connectivity index (χ4v) is 2.09. The quantitative estimate of drug-likeness (QED) is 0.808. The van der Waals surface area contributed by atoms with E-state index < -0.39 is 0 Å². The van der Waals surface area contributed by atoms with Crippen molar-refractivity contribution < 1.29 is 4.79 Å². The lowest BCUT2D eigenvalue weighted by Crippen LogP contribution is -2.29. The van der Waals surface area contributed by atoms with Gasteiger partial charge in [0.1, 0.15) is 0 Å². The predicted octanol–water partition coefficient (Wildman–Crippen LogP) is 4.12. The molecule has 0 aliphatic carbocycles. The van der Waals surface area contributed by atoms with Crippen LogP contribution in [0.5, 0.6) is 0 Å². The Morgan fingerprint density at radius 3 is 2.53 bits per heavy atom. The van der Waals surface area contributed by atoms with Gasteiger partial charge in [-0.3, -0.25) is 4.79 Å². The summed E-state index contributed by atoms with van der Waals surface area (Å²) in [6, 6.07) is 7.78. The Balaban J connectivity index is 2.72. The molecule has 0 saturated carbocycles. The number of hydrogen-bond acceptors (Lipinski definition) is 1. The first-order chi connectivity index (χ1) is 8.86. The number of rotatable bonds is 5. The van der Waals surface area contributed by atoms with Gasteiger partial charge in [0.05, 0.1) is 0 Å².